The number of hydrogen-bond donors (Lipinski definition) is 2. The van der Waals surface area contributed by atoms with Crippen LogP contribution in [0.1, 0.15) is 37.4 Å². The number of carbonyl (C=O) groups is 1. The maximum atomic E-state index is 12.1. The largest absolute Gasteiger partial charge is 0.358 e. The molecule has 0 saturated carbocycles. The highest BCUT2D eigenvalue weighted by atomic mass is 16.2. The molecule has 116 valence electrons. The van der Waals surface area contributed by atoms with Crippen LogP contribution in [0, 0.1) is 0 Å². The minimum atomic E-state index is -0.0888. The molecule has 4 nitrogen and oxygen atoms in total. The Balaban J connectivity index is 2.12. The van der Waals surface area contributed by atoms with Gasteiger partial charge < -0.3 is 10.6 Å². The Morgan fingerprint density at radius 1 is 1.43 bits per heavy atom. The maximum Gasteiger partial charge on any atom is 0.238 e. The first-order chi connectivity index (χ1) is 10.2. The highest BCUT2D eigenvalue weighted by molar-refractivity contribution is 5.81. The van der Waals surface area contributed by atoms with E-state index in [-0.39, 0.29) is 18.0 Å². The zero-order valence-corrected chi connectivity index (χ0v) is 13.4. The minimum absolute atomic E-state index is 0.0888. The maximum absolute atomic E-state index is 12.1. The normalized spacial score (nSPS) is 21.0. The van der Waals surface area contributed by atoms with Crippen molar-refractivity contribution in [3.63, 3.8) is 0 Å². The number of rotatable bonds is 5. The lowest BCUT2D eigenvalue weighted by Gasteiger charge is -2.39. The second kappa shape index (κ2) is 7.57. The molecular formula is C17H27N3O. The van der Waals surface area contributed by atoms with E-state index < -0.39 is 0 Å². The van der Waals surface area contributed by atoms with E-state index in [4.69, 9.17) is 0 Å². The van der Waals surface area contributed by atoms with E-state index in [2.05, 4.69) is 53.6 Å². The molecular weight excluding hydrogens is 262 g/mol. The predicted octanol–water partition coefficient (Wildman–Crippen LogP) is 1.72. The van der Waals surface area contributed by atoms with Gasteiger partial charge in [-0.25, -0.2) is 0 Å². The number of carbonyl (C=O) groups excluding carboxylic acids is 1. The monoisotopic (exact) mass is 289 g/mol. The molecule has 2 atom stereocenters. The smallest absolute Gasteiger partial charge is 0.238 e. The third kappa shape index (κ3) is 3.83. The molecule has 1 heterocycles. The lowest BCUT2D eigenvalue weighted by molar-refractivity contribution is -0.127. The van der Waals surface area contributed by atoms with Gasteiger partial charge in [-0.3, -0.25) is 9.69 Å². The van der Waals surface area contributed by atoms with Crippen molar-refractivity contribution in [1.29, 1.82) is 0 Å². The van der Waals surface area contributed by atoms with Crippen molar-refractivity contribution in [2.24, 2.45) is 0 Å². The van der Waals surface area contributed by atoms with Crippen LogP contribution in [0.2, 0.25) is 0 Å². The lowest BCUT2D eigenvalue weighted by atomic mass is 10.0. The number of benzene rings is 1. The SMILES string of the molecule is CCCc1ccc(C(C)N2CCNCC2C(=O)NC)cc1. The summed E-state index contributed by atoms with van der Waals surface area (Å²) in [7, 11) is 1.71. The molecule has 1 amide bonds. The Morgan fingerprint density at radius 3 is 2.76 bits per heavy atom. The molecule has 0 aliphatic carbocycles. The van der Waals surface area contributed by atoms with Crippen molar-refractivity contribution in [3.8, 4) is 0 Å². The zero-order chi connectivity index (χ0) is 15.2. The fourth-order valence-corrected chi connectivity index (χ4v) is 3.04. The van der Waals surface area contributed by atoms with Gasteiger partial charge in [0.05, 0.1) is 0 Å². The summed E-state index contributed by atoms with van der Waals surface area (Å²) in [5, 5.41) is 6.09. The van der Waals surface area contributed by atoms with Crippen LogP contribution in [-0.2, 0) is 11.2 Å². The second-order valence-electron chi connectivity index (χ2n) is 5.74. The van der Waals surface area contributed by atoms with Crippen LogP contribution in [0.25, 0.3) is 0 Å². The van der Waals surface area contributed by atoms with E-state index in [1.165, 1.54) is 17.5 Å². The summed E-state index contributed by atoms with van der Waals surface area (Å²) in [4.78, 5) is 14.4. The summed E-state index contributed by atoms with van der Waals surface area (Å²) in [6.07, 6.45) is 2.30. The van der Waals surface area contributed by atoms with Crippen LogP contribution >= 0.6 is 0 Å². The van der Waals surface area contributed by atoms with Gasteiger partial charge in [-0.15, -0.1) is 0 Å². The molecule has 2 rings (SSSR count). The highest BCUT2D eigenvalue weighted by Gasteiger charge is 2.31. The van der Waals surface area contributed by atoms with Crippen LogP contribution in [0.4, 0.5) is 0 Å². The topological polar surface area (TPSA) is 44.4 Å². The summed E-state index contributed by atoms with van der Waals surface area (Å²) in [5.41, 5.74) is 2.67. The third-order valence-electron chi connectivity index (χ3n) is 4.33. The molecule has 1 aromatic rings. The molecule has 1 aliphatic rings. The number of nitrogens with one attached hydrogen (secondary N) is 2. The molecule has 1 saturated heterocycles. The molecule has 2 unspecified atom stereocenters. The van der Waals surface area contributed by atoms with E-state index in [9.17, 15) is 4.79 Å². The fraction of sp³-hybridized carbons (Fsp3) is 0.588. The van der Waals surface area contributed by atoms with Crippen LogP contribution in [0.15, 0.2) is 24.3 Å². The molecule has 0 aromatic heterocycles. The molecule has 0 bridgehead atoms. The molecule has 1 aliphatic heterocycles. The summed E-state index contributed by atoms with van der Waals surface area (Å²) in [6.45, 7) is 6.95. The Labute approximate surface area is 127 Å². The van der Waals surface area contributed by atoms with Crippen molar-refractivity contribution < 1.29 is 4.79 Å². The average Bonchev–Trinajstić information content (AvgIpc) is 2.54. The number of aryl methyl sites for hydroxylation is 1. The van der Waals surface area contributed by atoms with Crippen molar-refractivity contribution in [3.05, 3.63) is 35.4 Å². The Morgan fingerprint density at radius 2 is 2.14 bits per heavy atom. The van der Waals surface area contributed by atoms with Crippen molar-refractivity contribution in [2.75, 3.05) is 26.7 Å². The van der Waals surface area contributed by atoms with Crippen LogP contribution in [0.3, 0.4) is 0 Å². The fourth-order valence-electron chi connectivity index (χ4n) is 3.04. The molecule has 0 spiro atoms. The van der Waals surface area contributed by atoms with Gasteiger partial charge in [0.2, 0.25) is 5.91 Å². The summed E-state index contributed by atoms with van der Waals surface area (Å²) in [6, 6.07) is 9.01. The van der Waals surface area contributed by atoms with E-state index >= 15 is 0 Å². The van der Waals surface area contributed by atoms with Gasteiger partial charge in [-0.1, -0.05) is 37.6 Å². The Kier molecular flexibility index (Phi) is 5.76. The molecule has 1 aromatic carbocycles. The molecule has 21 heavy (non-hydrogen) atoms. The molecule has 4 heteroatoms. The number of hydrogen-bond acceptors (Lipinski definition) is 3. The highest BCUT2D eigenvalue weighted by Crippen LogP contribution is 2.24. The van der Waals surface area contributed by atoms with Gasteiger partial charge in [-0.05, 0) is 24.5 Å². The predicted molar refractivity (Wildman–Crippen MR) is 86.3 cm³/mol. The average molecular weight is 289 g/mol. The van der Waals surface area contributed by atoms with Gasteiger partial charge in [0, 0.05) is 32.7 Å². The van der Waals surface area contributed by atoms with Gasteiger partial charge >= 0.3 is 0 Å². The Hall–Kier alpha value is -1.39. The van der Waals surface area contributed by atoms with Crippen LogP contribution in [0.5, 0.6) is 0 Å². The standard InChI is InChI=1S/C17H27N3O/c1-4-5-14-6-8-15(9-7-14)13(2)20-11-10-19-12-16(20)17(21)18-3/h6-9,13,16,19H,4-5,10-12H2,1-3H3,(H,18,21). The molecule has 0 radical (unpaired) electrons. The Bertz CT molecular complexity index is 458. The molecule has 2 N–H and O–H groups in total. The number of nitrogens with zero attached hydrogens (tertiary/aromatic N) is 1. The van der Waals surface area contributed by atoms with Crippen molar-refractivity contribution >= 4 is 5.91 Å². The first-order valence-corrected chi connectivity index (χ1v) is 7.94. The van der Waals surface area contributed by atoms with Gasteiger partial charge in [0.1, 0.15) is 6.04 Å². The number of amides is 1. The van der Waals surface area contributed by atoms with E-state index in [1.54, 1.807) is 7.05 Å². The zero-order valence-electron chi connectivity index (χ0n) is 13.4. The quantitative estimate of drug-likeness (QED) is 0.867. The first kappa shape index (κ1) is 16.0. The van der Waals surface area contributed by atoms with E-state index in [1.807, 2.05) is 0 Å². The number of likely N-dealkylation sites (N-methyl/N-ethyl adjacent to an activating group) is 1. The van der Waals surface area contributed by atoms with E-state index in [0.29, 0.717) is 0 Å². The van der Waals surface area contributed by atoms with Gasteiger partial charge in [-0.2, -0.15) is 0 Å². The number of piperazine rings is 1. The van der Waals surface area contributed by atoms with Crippen molar-refractivity contribution in [2.45, 2.75) is 38.8 Å². The van der Waals surface area contributed by atoms with E-state index in [0.717, 1.165) is 26.1 Å². The molecule has 1 fully saturated rings. The minimum Gasteiger partial charge on any atom is -0.358 e. The van der Waals surface area contributed by atoms with Crippen molar-refractivity contribution in [1.82, 2.24) is 15.5 Å². The second-order valence-corrected chi connectivity index (χ2v) is 5.74. The summed E-state index contributed by atoms with van der Waals surface area (Å²) < 4.78 is 0. The first-order valence-electron chi connectivity index (χ1n) is 7.94. The summed E-state index contributed by atoms with van der Waals surface area (Å²) in [5.74, 6) is 0.0941. The van der Waals surface area contributed by atoms with Crippen LogP contribution in [-0.4, -0.2) is 43.5 Å². The van der Waals surface area contributed by atoms with Crippen LogP contribution < -0.4 is 10.6 Å². The van der Waals surface area contributed by atoms with Gasteiger partial charge in [0.15, 0.2) is 0 Å². The third-order valence-corrected chi connectivity index (χ3v) is 4.33. The van der Waals surface area contributed by atoms with Gasteiger partial charge in [0.25, 0.3) is 0 Å². The lowest BCUT2D eigenvalue weighted by Crippen LogP contribution is -2.57. The summed E-state index contributed by atoms with van der Waals surface area (Å²) >= 11 is 0.